The van der Waals surface area contributed by atoms with E-state index < -0.39 is 0 Å². The number of nitrogens with zero attached hydrogens (tertiary/aromatic N) is 1. The second kappa shape index (κ2) is 8.68. The summed E-state index contributed by atoms with van der Waals surface area (Å²) in [5.41, 5.74) is 2.71. The van der Waals surface area contributed by atoms with Crippen LogP contribution < -0.4 is 10.6 Å². The van der Waals surface area contributed by atoms with Crippen LogP contribution in [0.1, 0.15) is 12.5 Å². The van der Waals surface area contributed by atoms with Gasteiger partial charge in [0.05, 0.1) is 16.5 Å². The van der Waals surface area contributed by atoms with Gasteiger partial charge < -0.3 is 10.6 Å². The first-order valence-corrected chi connectivity index (χ1v) is 9.71. The average molecular weight is 379 g/mol. The van der Waals surface area contributed by atoms with Crippen LogP contribution in [0, 0.1) is 6.92 Å². The molecule has 2 aromatic carbocycles. The monoisotopic (exact) mass is 379 g/mol. The highest BCUT2D eigenvalue weighted by Gasteiger charge is 2.16. The molecule has 0 spiro atoms. The molecule has 27 heavy (non-hydrogen) atoms. The first kappa shape index (κ1) is 18.9. The zero-order chi connectivity index (χ0) is 19.2. The molecule has 3 aromatic rings. The van der Waals surface area contributed by atoms with Gasteiger partial charge in [-0.05, 0) is 44.2 Å². The van der Waals surface area contributed by atoms with Crippen molar-refractivity contribution in [3.05, 3.63) is 66.2 Å². The molecule has 1 atom stereocenters. The number of aryl methyl sites for hydroxylation is 1. The summed E-state index contributed by atoms with van der Waals surface area (Å²) in [5.74, 6) is 0.404. The van der Waals surface area contributed by atoms with Gasteiger partial charge in [0.2, 0.25) is 11.8 Å². The Labute approximate surface area is 162 Å². The van der Waals surface area contributed by atoms with E-state index in [2.05, 4.69) is 15.6 Å². The quantitative estimate of drug-likeness (QED) is 0.672. The van der Waals surface area contributed by atoms with Crippen LogP contribution in [0.4, 0.5) is 11.5 Å². The van der Waals surface area contributed by atoms with Crippen LogP contribution in [0.25, 0.3) is 10.9 Å². The second-order valence-corrected chi connectivity index (χ2v) is 7.57. The molecule has 2 N–H and O–H groups in total. The van der Waals surface area contributed by atoms with Crippen LogP contribution in [0.3, 0.4) is 0 Å². The van der Waals surface area contributed by atoms with E-state index in [1.807, 2.05) is 61.5 Å². The van der Waals surface area contributed by atoms with Crippen LogP contribution in [0.2, 0.25) is 0 Å². The summed E-state index contributed by atoms with van der Waals surface area (Å²) in [6.45, 7) is 3.77. The summed E-state index contributed by atoms with van der Waals surface area (Å²) in [4.78, 5) is 28.8. The Morgan fingerprint density at radius 1 is 1.00 bits per heavy atom. The Balaban J connectivity index is 1.50. The number of carbonyl (C=O) groups is 2. The Morgan fingerprint density at radius 3 is 2.52 bits per heavy atom. The van der Waals surface area contributed by atoms with E-state index >= 15 is 0 Å². The van der Waals surface area contributed by atoms with E-state index in [-0.39, 0.29) is 22.8 Å². The lowest BCUT2D eigenvalue weighted by Gasteiger charge is -2.12. The van der Waals surface area contributed by atoms with Gasteiger partial charge in [0, 0.05) is 11.1 Å². The Morgan fingerprint density at radius 2 is 1.74 bits per heavy atom. The minimum Gasteiger partial charge on any atom is -0.325 e. The summed E-state index contributed by atoms with van der Waals surface area (Å²) in [6, 6.07) is 19.0. The van der Waals surface area contributed by atoms with Crippen molar-refractivity contribution in [3.63, 3.8) is 0 Å². The fraction of sp³-hybridized carbons (Fsp3) is 0.190. The van der Waals surface area contributed by atoms with E-state index in [1.165, 1.54) is 11.8 Å². The summed E-state index contributed by atoms with van der Waals surface area (Å²) >= 11 is 1.29. The number of nitrogens with one attached hydrogen (secondary N) is 2. The van der Waals surface area contributed by atoms with Gasteiger partial charge in [0.1, 0.15) is 5.82 Å². The maximum Gasteiger partial charge on any atom is 0.238 e. The van der Waals surface area contributed by atoms with Gasteiger partial charge in [-0.25, -0.2) is 4.98 Å². The fourth-order valence-corrected chi connectivity index (χ4v) is 3.16. The van der Waals surface area contributed by atoms with Crippen LogP contribution in [-0.2, 0) is 9.59 Å². The normalized spacial score (nSPS) is 11.8. The van der Waals surface area contributed by atoms with Gasteiger partial charge in [0.15, 0.2) is 0 Å². The molecule has 0 saturated carbocycles. The molecular formula is C21H21N3O2S. The number of thioether (sulfide) groups is 1. The molecule has 5 nitrogen and oxygen atoms in total. The van der Waals surface area contributed by atoms with Crippen LogP contribution >= 0.6 is 11.8 Å². The molecule has 0 aliphatic carbocycles. The number of benzene rings is 2. The SMILES string of the molecule is Cc1ccc(NC(=O)CSC(C)C(=O)Nc2ccc3ccccc3n2)cc1. The molecule has 6 heteroatoms. The van der Waals surface area contributed by atoms with E-state index in [0.717, 1.165) is 22.2 Å². The van der Waals surface area contributed by atoms with Gasteiger partial charge in [-0.3, -0.25) is 9.59 Å². The number of fused-ring (bicyclic) bond motifs is 1. The number of anilines is 2. The molecule has 1 heterocycles. The van der Waals surface area contributed by atoms with Crippen molar-refractivity contribution < 1.29 is 9.59 Å². The fourth-order valence-electron chi connectivity index (χ4n) is 2.47. The minimum absolute atomic E-state index is 0.132. The molecule has 0 aliphatic rings. The molecule has 1 aromatic heterocycles. The predicted octanol–water partition coefficient (Wildman–Crippen LogP) is 4.24. The number of carbonyl (C=O) groups excluding carboxylic acids is 2. The van der Waals surface area contributed by atoms with Crippen molar-refractivity contribution in [2.75, 3.05) is 16.4 Å². The maximum atomic E-state index is 12.4. The molecule has 0 bridgehead atoms. The number of pyridine rings is 1. The second-order valence-electron chi connectivity index (χ2n) is 6.25. The standard InChI is InChI=1S/C21H21N3O2S/c1-14-7-10-17(11-8-14)22-20(25)13-27-15(2)21(26)24-19-12-9-16-5-3-4-6-18(16)23-19/h3-12,15H,13H2,1-2H3,(H,22,25)(H,23,24,26). The first-order valence-electron chi connectivity index (χ1n) is 8.66. The van der Waals surface area contributed by atoms with Crippen molar-refractivity contribution in [1.82, 2.24) is 4.98 Å². The first-order chi connectivity index (χ1) is 13.0. The molecular weight excluding hydrogens is 358 g/mol. The molecule has 0 radical (unpaired) electrons. The molecule has 0 aliphatic heterocycles. The molecule has 0 fully saturated rings. The van der Waals surface area contributed by atoms with Gasteiger partial charge in [-0.15, -0.1) is 11.8 Å². The Hall–Kier alpha value is -2.86. The largest absolute Gasteiger partial charge is 0.325 e. The number of rotatable bonds is 6. The Kier molecular flexibility index (Phi) is 6.08. The summed E-state index contributed by atoms with van der Waals surface area (Å²) in [6.07, 6.45) is 0. The van der Waals surface area contributed by atoms with E-state index in [9.17, 15) is 9.59 Å². The number of aromatic nitrogens is 1. The lowest BCUT2D eigenvalue weighted by molar-refractivity contribution is -0.115. The highest BCUT2D eigenvalue weighted by molar-refractivity contribution is 8.01. The van der Waals surface area contributed by atoms with Crippen molar-refractivity contribution in [1.29, 1.82) is 0 Å². The van der Waals surface area contributed by atoms with Crippen LogP contribution in [0.5, 0.6) is 0 Å². The third kappa shape index (κ3) is 5.31. The number of hydrogen-bond acceptors (Lipinski definition) is 4. The highest BCUT2D eigenvalue weighted by atomic mass is 32.2. The summed E-state index contributed by atoms with van der Waals surface area (Å²) in [5, 5.41) is 6.29. The molecule has 138 valence electrons. The predicted molar refractivity (Wildman–Crippen MR) is 112 cm³/mol. The van der Waals surface area contributed by atoms with E-state index in [1.54, 1.807) is 13.0 Å². The van der Waals surface area contributed by atoms with Crippen molar-refractivity contribution in [3.8, 4) is 0 Å². The van der Waals surface area contributed by atoms with Gasteiger partial charge in [-0.1, -0.05) is 35.9 Å². The van der Waals surface area contributed by atoms with E-state index in [0.29, 0.717) is 5.82 Å². The zero-order valence-corrected chi connectivity index (χ0v) is 16.0. The molecule has 0 saturated heterocycles. The maximum absolute atomic E-state index is 12.4. The third-order valence-electron chi connectivity index (χ3n) is 4.02. The topological polar surface area (TPSA) is 71.1 Å². The van der Waals surface area contributed by atoms with Crippen molar-refractivity contribution in [2.24, 2.45) is 0 Å². The Bertz CT molecular complexity index is 957. The summed E-state index contributed by atoms with van der Waals surface area (Å²) in [7, 11) is 0. The zero-order valence-electron chi connectivity index (χ0n) is 15.2. The lowest BCUT2D eigenvalue weighted by Crippen LogP contribution is -2.25. The van der Waals surface area contributed by atoms with Gasteiger partial charge in [0.25, 0.3) is 0 Å². The van der Waals surface area contributed by atoms with Crippen LogP contribution in [-0.4, -0.2) is 27.8 Å². The number of amides is 2. The molecule has 2 amide bonds. The van der Waals surface area contributed by atoms with Crippen LogP contribution in [0.15, 0.2) is 60.7 Å². The van der Waals surface area contributed by atoms with Gasteiger partial charge >= 0.3 is 0 Å². The third-order valence-corrected chi connectivity index (χ3v) is 5.16. The highest BCUT2D eigenvalue weighted by Crippen LogP contribution is 2.17. The average Bonchev–Trinajstić information content (AvgIpc) is 2.67. The lowest BCUT2D eigenvalue weighted by atomic mass is 10.2. The van der Waals surface area contributed by atoms with E-state index in [4.69, 9.17) is 0 Å². The molecule has 3 rings (SSSR count). The smallest absolute Gasteiger partial charge is 0.238 e. The van der Waals surface area contributed by atoms with Crippen molar-refractivity contribution >= 4 is 46.0 Å². The number of hydrogen-bond donors (Lipinski definition) is 2. The summed E-state index contributed by atoms with van der Waals surface area (Å²) < 4.78 is 0. The molecule has 1 unspecified atom stereocenters. The number of para-hydroxylation sites is 1. The minimum atomic E-state index is -0.373. The van der Waals surface area contributed by atoms with Gasteiger partial charge in [-0.2, -0.15) is 0 Å². The van der Waals surface area contributed by atoms with Crippen molar-refractivity contribution in [2.45, 2.75) is 19.1 Å².